The lowest BCUT2D eigenvalue weighted by Crippen LogP contribution is -2.29. The molecular formula is C22H15ClN2O4. The van der Waals surface area contributed by atoms with Crippen LogP contribution in [0.4, 0.5) is 5.69 Å². The lowest BCUT2D eigenvalue weighted by atomic mass is 9.96. The van der Waals surface area contributed by atoms with Gasteiger partial charge in [-0.3, -0.25) is 19.5 Å². The van der Waals surface area contributed by atoms with Crippen molar-refractivity contribution in [2.75, 3.05) is 4.90 Å². The number of aliphatic hydroxyl groups is 1. The summed E-state index contributed by atoms with van der Waals surface area (Å²) in [5, 5.41) is 21.6. The van der Waals surface area contributed by atoms with Gasteiger partial charge in [-0.2, -0.15) is 0 Å². The van der Waals surface area contributed by atoms with Gasteiger partial charge in [-0.25, -0.2) is 0 Å². The molecule has 7 heteroatoms. The smallest absolute Gasteiger partial charge is 0.300 e. The number of nitrogens with zero attached hydrogens (tertiary/aromatic N) is 2. The maximum atomic E-state index is 12.9. The molecule has 0 radical (unpaired) electrons. The summed E-state index contributed by atoms with van der Waals surface area (Å²) in [4.78, 5) is 31.0. The molecule has 0 bridgehead atoms. The molecule has 144 valence electrons. The average Bonchev–Trinajstić information content (AvgIpc) is 2.99. The van der Waals surface area contributed by atoms with Crippen LogP contribution in [0.5, 0.6) is 5.75 Å². The Morgan fingerprint density at radius 3 is 2.41 bits per heavy atom. The Morgan fingerprint density at radius 1 is 1.00 bits per heavy atom. The zero-order valence-corrected chi connectivity index (χ0v) is 15.7. The fraction of sp³-hybridized carbons (Fsp3) is 0.0455. The van der Waals surface area contributed by atoms with Crippen LogP contribution in [0.3, 0.4) is 0 Å². The molecular weight excluding hydrogens is 392 g/mol. The first-order chi connectivity index (χ1) is 14.0. The van der Waals surface area contributed by atoms with Crippen LogP contribution in [0.2, 0.25) is 5.02 Å². The molecule has 1 fully saturated rings. The van der Waals surface area contributed by atoms with Crippen molar-refractivity contribution in [1.82, 2.24) is 4.98 Å². The standard InChI is InChI=1S/C22H15ClN2O4/c23-15-5-3-4-14(12-15)20(27)18-19(13-8-10-24-11-9-13)25(22(29)21(18)28)16-6-1-2-7-17(16)26/h1-12,19,26-27H/b20-18+. The fourth-order valence-electron chi connectivity index (χ4n) is 3.40. The molecule has 0 spiro atoms. The molecule has 3 aromatic rings. The van der Waals surface area contributed by atoms with Crippen LogP contribution in [0, 0.1) is 0 Å². The lowest BCUT2D eigenvalue weighted by Gasteiger charge is -2.25. The van der Waals surface area contributed by atoms with Gasteiger partial charge in [0.2, 0.25) is 0 Å². The maximum Gasteiger partial charge on any atom is 0.300 e. The van der Waals surface area contributed by atoms with Crippen LogP contribution >= 0.6 is 11.6 Å². The largest absolute Gasteiger partial charge is 0.507 e. The lowest BCUT2D eigenvalue weighted by molar-refractivity contribution is -0.132. The highest BCUT2D eigenvalue weighted by atomic mass is 35.5. The van der Waals surface area contributed by atoms with Crippen molar-refractivity contribution in [1.29, 1.82) is 0 Å². The molecule has 0 saturated carbocycles. The van der Waals surface area contributed by atoms with Crippen molar-refractivity contribution in [2.45, 2.75) is 6.04 Å². The number of para-hydroxylation sites is 2. The molecule has 2 heterocycles. The number of phenols is 1. The Hall–Kier alpha value is -3.64. The summed E-state index contributed by atoms with van der Waals surface area (Å²) in [6.07, 6.45) is 3.05. The summed E-state index contributed by atoms with van der Waals surface area (Å²) in [6, 6.07) is 15.0. The van der Waals surface area contributed by atoms with Crippen LogP contribution in [0.25, 0.3) is 5.76 Å². The zero-order chi connectivity index (χ0) is 20.5. The first kappa shape index (κ1) is 18.7. The maximum absolute atomic E-state index is 12.9. The van der Waals surface area contributed by atoms with E-state index in [2.05, 4.69) is 4.98 Å². The predicted molar refractivity (Wildman–Crippen MR) is 109 cm³/mol. The number of phenolic OH excluding ortho intramolecular Hbond substituents is 1. The summed E-state index contributed by atoms with van der Waals surface area (Å²) in [7, 11) is 0. The van der Waals surface area contributed by atoms with E-state index in [-0.39, 0.29) is 22.8 Å². The number of amides is 1. The monoisotopic (exact) mass is 406 g/mol. The molecule has 1 aliphatic rings. The SMILES string of the molecule is O=C1C(=O)N(c2ccccc2O)C(c2ccncc2)/C1=C(\O)c1cccc(Cl)c1. The average molecular weight is 407 g/mol. The molecule has 0 aliphatic carbocycles. The Balaban J connectivity index is 1.97. The van der Waals surface area contributed by atoms with Gasteiger partial charge in [0.1, 0.15) is 11.5 Å². The highest BCUT2D eigenvalue weighted by Crippen LogP contribution is 2.44. The number of hydrogen-bond donors (Lipinski definition) is 2. The van der Waals surface area contributed by atoms with Crippen molar-refractivity contribution in [2.24, 2.45) is 0 Å². The minimum atomic E-state index is -0.940. The number of aromatic nitrogens is 1. The van der Waals surface area contributed by atoms with Gasteiger partial charge in [-0.15, -0.1) is 0 Å². The minimum absolute atomic E-state index is 0.0910. The molecule has 2 N–H and O–H groups in total. The van der Waals surface area contributed by atoms with Gasteiger partial charge in [0, 0.05) is 23.0 Å². The third-order valence-corrected chi connectivity index (χ3v) is 4.94. The Labute approximate surface area is 171 Å². The number of benzene rings is 2. The van der Waals surface area contributed by atoms with Crippen molar-refractivity contribution < 1.29 is 19.8 Å². The number of halogens is 1. The molecule has 29 heavy (non-hydrogen) atoms. The number of rotatable bonds is 3. The number of aromatic hydroxyl groups is 1. The van der Waals surface area contributed by atoms with Gasteiger partial charge < -0.3 is 10.2 Å². The van der Waals surface area contributed by atoms with Crippen LogP contribution in [-0.4, -0.2) is 26.9 Å². The molecule has 1 aromatic heterocycles. The topological polar surface area (TPSA) is 90.7 Å². The van der Waals surface area contributed by atoms with E-state index < -0.39 is 17.7 Å². The van der Waals surface area contributed by atoms with Crippen LogP contribution < -0.4 is 4.90 Å². The van der Waals surface area contributed by atoms with Gasteiger partial charge in [0.05, 0.1) is 17.3 Å². The molecule has 1 amide bonds. The second kappa shape index (κ2) is 7.41. The Morgan fingerprint density at radius 2 is 1.72 bits per heavy atom. The second-order valence-electron chi connectivity index (χ2n) is 6.45. The molecule has 1 aliphatic heterocycles. The van der Waals surface area contributed by atoms with Gasteiger partial charge in [0.25, 0.3) is 11.7 Å². The molecule has 4 rings (SSSR count). The highest BCUT2D eigenvalue weighted by Gasteiger charge is 2.47. The van der Waals surface area contributed by atoms with Crippen LogP contribution in [0.15, 0.2) is 78.6 Å². The third-order valence-electron chi connectivity index (χ3n) is 4.71. The number of anilines is 1. The van der Waals surface area contributed by atoms with E-state index in [4.69, 9.17) is 11.6 Å². The van der Waals surface area contributed by atoms with E-state index in [1.807, 2.05) is 0 Å². The molecule has 1 saturated heterocycles. The van der Waals surface area contributed by atoms with Crippen molar-refractivity contribution in [3.63, 3.8) is 0 Å². The Kier molecular flexibility index (Phi) is 4.78. The number of carbonyl (C=O) groups is 2. The second-order valence-corrected chi connectivity index (χ2v) is 6.89. The quantitative estimate of drug-likeness (QED) is 0.389. The highest BCUT2D eigenvalue weighted by molar-refractivity contribution is 6.52. The minimum Gasteiger partial charge on any atom is -0.507 e. The summed E-state index contributed by atoms with van der Waals surface area (Å²) < 4.78 is 0. The van der Waals surface area contributed by atoms with E-state index in [1.165, 1.54) is 35.5 Å². The summed E-state index contributed by atoms with van der Waals surface area (Å²) in [5.74, 6) is -2.20. The van der Waals surface area contributed by atoms with Crippen LogP contribution in [0.1, 0.15) is 17.2 Å². The van der Waals surface area contributed by atoms with Gasteiger partial charge in [-0.1, -0.05) is 35.9 Å². The van der Waals surface area contributed by atoms with Crippen LogP contribution in [-0.2, 0) is 9.59 Å². The van der Waals surface area contributed by atoms with E-state index in [9.17, 15) is 19.8 Å². The van der Waals surface area contributed by atoms with Crippen molar-refractivity contribution in [3.05, 3.63) is 94.8 Å². The predicted octanol–water partition coefficient (Wildman–Crippen LogP) is 4.07. The van der Waals surface area contributed by atoms with E-state index >= 15 is 0 Å². The number of pyridine rings is 1. The fourth-order valence-corrected chi connectivity index (χ4v) is 3.59. The van der Waals surface area contributed by atoms with Gasteiger partial charge >= 0.3 is 0 Å². The molecule has 1 atom stereocenters. The van der Waals surface area contributed by atoms with E-state index in [1.54, 1.807) is 42.5 Å². The first-order valence-corrected chi connectivity index (χ1v) is 9.11. The Bertz CT molecular complexity index is 1140. The summed E-state index contributed by atoms with van der Waals surface area (Å²) >= 11 is 6.02. The summed E-state index contributed by atoms with van der Waals surface area (Å²) in [5.41, 5.74) is 0.950. The number of hydrogen-bond acceptors (Lipinski definition) is 5. The molecule has 2 aromatic carbocycles. The summed E-state index contributed by atoms with van der Waals surface area (Å²) in [6.45, 7) is 0. The van der Waals surface area contributed by atoms with Gasteiger partial charge in [-0.05, 0) is 42.0 Å². The molecule has 1 unspecified atom stereocenters. The number of ketones is 1. The normalized spacial score (nSPS) is 18.2. The first-order valence-electron chi connectivity index (χ1n) is 8.74. The third kappa shape index (κ3) is 3.23. The van der Waals surface area contributed by atoms with Crippen molar-refractivity contribution in [3.8, 4) is 5.75 Å². The molecule has 6 nitrogen and oxygen atoms in total. The van der Waals surface area contributed by atoms with Gasteiger partial charge in [0.15, 0.2) is 0 Å². The van der Waals surface area contributed by atoms with E-state index in [0.717, 1.165) is 0 Å². The number of aliphatic hydroxyl groups excluding tert-OH is 1. The number of Topliss-reactive ketones (excluding diaryl/α,β-unsaturated/α-hetero) is 1. The van der Waals surface area contributed by atoms with E-state index in [0.29, 0.717) is 16.1 Å². The number of carbonyl (C=O) groups excluding carboxylic acids is 2. The zero-order valence-electron chi connectivity index (χ0n) is 15.0. The van der Waals surface area contributed by atoms with Crippen molar-refractivity contribution >= 4 is 34.7 Å².